The van der Waals surface area contributed by atoms with Crippen molar-refractivity contribution < 1.29 is 4.79 Å². The van der Waals surface area contributed by atoms with Crippen molar-refractivity contribution in [3.05, 3.63) is 70.3 Å². The van der Waals surface area contributed by atoms with E-state index in [9.17, 15) is 9.59 Å². The minimum Gasteiger partial charge on any atom is -0.361 e. The highest BCUT2D eigenvalue weighted by molar-refractivity contribution is 5.88. The van der Waals surface area contributed by atoms with Gasteiger partial charge in [0.15, 0.2) is 0 Å². The number of fused-ring (bicyclic) bond motifs is 2. The normalized spacial score (nSPS) is 11.2. The summed E-state index contributed by atoms with van der Waals surface area (Å²) in [6.45, 7) is 0.421. The van der Waals surface area contributed by atoms with Crippen LogP contribution in [0.5, 0.6) is 0 Å². The van der Waals surface area contributed by atoms with E-state index < -0.39 is 0 Å². The Labute approximate surface area is 136 Å². The molecule has 0 bridgehead atoms. The fourth-order valence-electron chi connectivity index (χ4n) is 2.90. The molecule has 6 nitrogen and oxygen atoms in total. The molecule has 6 heteroatoms. The summed E-state index contributed by atoms with van der Waals surface area (Å²) in [5, 5.41) is 3.99. The minimum atomic E-state index is -0.231. The molecular formula is C18H16N4O2. The fourth-order valence-corrected chi connectivity index (χ4v) is 2.90. The Bertz CT molecular complexity index is 1090. The summed E-state index contributed by atoms with van der Waals surface area (Å²) in [6, 6.07) is 13.5. The van der Waals surface area contributed by atoms with Crippen LogP contribution in [0.1, 0.15) is 11.1 Å². The number of aromatic nitrogens is 3. The van der Waals surface area contributed by atoms with E-state index in [4.69, 9.17) is 0 Å². The largest absolute Gasteiger partial charge is 0.361 e. The van der Waals surface area contributed by atoms with Gasteiger partial charge in [-0.3, -0.25) is 4.79 Å². The van der Waals surface area contributed by atoms with Crippen molar-refractivity contribution in [3.63, 3.8) is 0 Å². The summed E-state index contributed by atoms with van der Waals surface area (Å²) in [5.41, 5.74) is 4.21. The molecule has 0 aliphatic rings. The first-order valence-electron chi connectivity index (χ1n) is 7.72. The van der Waals surface area contributed by atoms with Gasteiger partial charge in [0.1, 0.15) is 0 Å². The maximum atomic E-state index is 12.2. The van der Waals surface area contributed by atoms with Gasteiger partial charge in [-0.05, 0) is 29.3 Å². The number of carbonyl (C=O) groups is 1. The molecule has 0 radical (unpaired) electrons. The standard InChI is InChI=1S/C18H16N4O2/c23-17(8-12-10-19-14-4-2-1-3-13(12)14)20-9-11-5-6-15-16(7-11)22-18(24)21-15/h1-7,10,19H,8-9H2,(H,20,23)(H2,21,22,24). The lowest BCUT2D eigenvalue weighted by Crippen LogP contribution is -2.24. The highest BCUT2D eigenvalue weighted by Gasteiger charge is 2.08. The van der Waals surface area contributed by atoms with Gasteiger partial charge in [-0.25, -0.2) is 4.79 Å². The summed E-state index contributed by atoms with van der Waals surface area (Å²) in [4.78, 5) is 32.1. The van der Waals surface area contributed by atoms with Crippen LogP contribution in [0.15, 0.2) is 53.5 Å². The Balaban J connectivity index is 1.44. The Kier molecular flexibility index (Phi) is 3.42. The SMILES string of the molecule is O=C(Cc1c[nH]c2ccccc12)NCc1ccc2[nH]c(=O)[nH]c2c1. The second-order valence-electron chi connectivity index (χ2n) is 5.77. The number of rotatable bonds is 4. The summed E-state index contributed by atoms with van der Waals surface area (Å²) in [6.07, 6.45) is 2.20. The van der Waals surface area contributed by atoms with Gasteiger partial charge in [-0.2, -0.15) is 0 Å². The van der Waals surface area contributed by atoms with Gasteiger partial charge in [0, 0.05) is 23.6 Å². The van der Waals surface area contributed by atoms with E-state index in [1.807, 2.05) is 48.7 Å². The van der Waals surface area contributed by atoms with Gasteiger partial charge >= 0.3 is 5.69 Å². The number of carbonyl (C=O) groups excluding carboxylic acids is 1. The number of imidazole rings is 1. The van der Waals surface area contributed by atoms with Crippen LogP contribution in [-0.2, 0) is 17.8 Å². The zero-order valence-electron chi connectivity index (χ0n) is 12.8. The summed E-state index contributed by atoms with van der Waals surface area (Å²) in [7, 11) is 0. The highest BCUT2D eigenvalue weighted by Crippen LogP contribution is 2.18. The van der Waals surface area contributed by atoms with Crippen molar-refractivity contribution in [2.24, 2.45) is 0 Å². The maximum Gasteiger partial charge on any atom is 0.323 e. The average molecular weight is 320 g/mol. The molecular weight excluding hydrogens is 304 g/mol. The minimum absolute atomic E-state index is 0.0394. The number of nitrogens with one attached hydrogen (secondary N) is 4. The number of amides is 1. The van der Waals surface area contributed by atoms with Crippen molar-refractivity contribution in [3.8, 4) is 0 Å². The monoisotopic (exact) mass is 320 g/mol. The summed E-state index contributed by atoms with van der Waals surface area (Å²) in [5.74, 6) is -0.0394. The molecule has 0 saturated carbocycles. The van der Waals surface area contributed by atoms with Crippen molar-refractivity contribution in [2.45, 2.75) is 13.0 Å². The predicted molar refractivity (Wildman–Crippen MR) is 92.8 cm³/mol. The molecule has 0 saturated heterocycles. The molecule has 0 aliphatic heterocycles. The van der Waals surface area contributed by atoms with Gasteiger partial charge in [0.05, 0.1) is 17.5 Å². The van der Waals surface area contributed by atoms with E-state index in [0.29, 0.717) is 13.0 Å². The summed E-state index contributed by atoms with van der Waals surface area (Å²) >= 11 is 0. The maximum absolute atomic E-state index is 12.2. The highest BCUT2D eigenvalue weighted by atomic mass is 16.1. The van der Waals surface area contributed by atoms with Gasteiger partial charge in [-0.15, -0.1) is 0 Å². The predicted octanol–water partition coefficient (Wildman–Crippen LogP) is 2.20. The van der Waals surface area contributed by atoms with Gasteiger partial charge in [0.25, 0.3) is 0 Å². The zero-order valence-corrected chi connectivity index (χ0v) is 12.8. The molecule has 1 amide bonds. The lowest BCUT2D eigenvalue weighted by Gasteiger charge is -2.05. The molecule has 2 aromatic carbocycles. The molecule has 0 atom stereocenters. The molecule has 24 heavy (non-hydrogen) atoms. The molecule has 120 valence electrons. The lowest BCUT2D eigenvalue weighted by atomic mass is 10.1. The molecule has 2 heterocycles. The Morgan fingerprint density at radius 3 is 2.75 bits per heavy atom. The third kappa shape index (κ3) is 2.69. The van der Waals surface area contributed by atoms with Crippen molar-refractivity contribution >= 4 is 27.8 Å². The first kappa shape index (κ1) is 14.3. The van der Waals surface area contributed by atoms with Crippen molar-refractivity contribution in [1.82, 2.24) is 20.3 Å². The number of benzene rings is 2. The Hall–Kier alpha value is -3.28. The molecule has 0 spiro atoms. The fraction of sp³-hybridized carbons (Fsp3) is 0.111. The van der Waals surface area contributed by atoms with Crippen LogP contribution in [0.2, 0.25) is 0 Å². The number of aromatic amines is 3. The number of hydrogen-bond donors (Lipinski definition) is 4. The van der Waals surface area contributed by atoms with Crippen LogP contribution in [0.25, 0.3) is 21.9 Å². The first-order valence-corrected chi connectivity index (χ1v) is 7.72. The molecule has 0 aliphatic carbocycles. The molecule has 4 N–H and O–H groups in total. The third-order valence-electron chi connectivity index (χ3n) is 4.10. The number of H-pyrrole nitrogens is 3. The Morgan fingerprint density at radius 1 is 1.00 bits per heavy atom. The van der Waals surface area contributed by atoms with Crippen LogP contribution in [0.3, 0.4) is 0 Å². The molecule has 4 aromatic rings. The molecule has 2 aromatic heterocycles. The topological polar surface area (TPSA) is 93.5 Å². The van der Waals surface area contributed by atoms with Crippen LogP contribution < -0.4 is 11.0 Å². The quantitative estimate of drug-likeness (QED) is 0.464. The van der Waals surface area contributed by atoms with Crippen LogP contribution >= 0.6 is 0 Å². The third-order valence-corrected chi connectivity index (χ3v) is 4.10. The molecule has 4 rings (SSSR count). The second-order valence-corrected chi connectivity index (χ2v) is 5.77. The molecule has 0 fully saturated rings. The van der Waals surface area contributed by atoms with E-state index in [1.54, 1.807) is 0 Å². The van der Waals surface area contributed by atoms with E-state index in [2.05, 4.69) is 20.3 Å². The number of hydrogen-bond acceptors (Lipinski definition) is 2. The van der Waals surface area contributed by atoms with Gasteiger partial charge < -0.3 is 20.3 Å². The van der Waals surface area contributed by atoms with Crippen LogP contribution in [0, 0.1) is 0 Å². The lowest BCUT2D eigenvalue weighted by molar-refractivity contribution is -0.120. The van der Waals surface area contributed by atoms with E-state index >= 15 is 0 Å². The zero-order chi connectivity index (χ0) is 16.5. The van der Waals surface area contributed by atoms with Crippen molar-refractivity contribution in [2.75, 3.05) is 0 Å². The van der Waals surface area contributed by atoms with Crippen LogP contribution in [0.4, 0.5) is 0 Å². The summed E-state index contributed by atoms with van der Waals surface area (Å²) < 4.78 is 0. The number of para-hydroxylation sites is 1. The van der Waals surface area contributed by atoms with Gasteiger partial charge in [0.2, 0.25) is 5.91 Å². The van der Waals surface area contributed by atoms with Crippen molar-refractivity contribution in [1.29, 1.82) is 0 Å². The smallest absolute Gasteiger partial charge is 0.323 e. The average Bonchev–Trinajstić information content (AvgIpc) is 3.15. The van der Waals surface area contributed by atoms with Gasteiger partial charge in [-0.1, -0.05) is 24.3 Å². The Morgan fingerprint density at radius 2 is 1.83 bits per heavy atom. The molecule has 0 unspecified atom stereocenters. The second kappa shape index (κ2) is 5.73. The van der Waals surface area contributed by atoms with E-state index in [1.165, 1.54) is 0 Å². The van der Waals surface area contributed by atoms with E-state index in [-0.39, 0.29) is 11.6 Å². The first-order chi connectivity index (χ1) is 11.7. The van der Waals surface area contributed by atoms with E-state index in [0.717, 1.165) is 33.1 Å². The van der Waals surface area contributed by atoms with Crippen LogP contribution in [-0.4, -0.2) is 20.9 Å².